The molecule has 0 unspecified atom stereocenters. The topological polar surface area (TPSA) is 110 Å². The van der Waals surface area contributed by atoms with Crippen molar-refractivity contribution < 1.29 is 53.4 Å². The van der Waals surface area contributed by atoms with Crippen molar-refractivity contribution in [3.63, 3.8) is 0 Å². The maximum absolute atomic E-state index is 13.2. The number of rotatable bonds is 0. The summed E-state index contributed by atoms with van der Waals surface area (Å²) in [5.74, 6) is 0. The van der Waals surface area contributed by atoms with Crippen LogP contribution in [0.4, 0.5) is 17.3 Å². The molecule has 35 heavy (non-hydrogen) atoms. The minimum Gasteiger partial charge on any atom is -0.519 e. The summed E-state index contributed by atoms with van der Waals surface area (Å²) in [5, 5.41) is 18.6. The molecule has 3 aliphatic heterocycles. The van der Waals surface area contributed by atoms with Gasteiger partial charge in [-0.15, -0.1) is 20.6 Å². The number of hydrogen-bond acceptors (Lipinski definition) is 10. The Hall–Kier alpha value is -1.83. The van der Waals surface area contributed by atoms with Crippen molar-refractivity contribution in [2.24, 2.45) is 20.6 Å². The fraction of sp³-hybridized carbons (Fsp3) is 0.778. The van der Waals surface area contributed by atoms with Crippen molar-refractivity contribution in [2.45, 2.75) is 66.2 Å². The average Bonchev–Trinajstić information content (AvgIpc) is 2.85. The van der Waals surface area contributed by atoms with Crippen LogP contribution >= 0.6 is 0 Å². The fourth-order valence-electron chi connectivity index (χ4n) is 2.47. The van der Waals surface area contributed by atoms with Gasteiger partial charge >= 0.3 is 31.3 Å². The number of nitrogens with zero attached hydrogens (tertiary/aromatic N) is 4. The quantitative estimate of drug-likeness (QED) is 0.350. The summed E-state index contributed by atoms with van der Waals surface area (Å²) in [7, 11) is -9.71. The van der Waals surface area contributed by atoms with Crippen LogP contribution in [0.15, 0.2) is 20.6 Å². The van der Waals surface area contributed by atoms with Crippen molar-refractivity contribution >= 4 is 37.1 Å². The SMILES string of the molecule is C1CCNCC1.C1CCNCC1.CC1=N\O[B-](F)(F)O/N=C(C)/C(C)=N/O[B-](F)(F)O\N=C\1C.[Fe+4]. The van der Waals surface area contributed by atoms with E-state index in [0.29, 0.717) is 0 Å². The summed E-state index contributed by atoms with van der Waals surface area (Å²) < 4.78 is 68.5. The summed E-state index contributed by atoms with van der Waals surface area (Å²) >= 11 is 0. The van der Waals surface area contributed by atoms with Crippen LogP contribution in [-0.2, 0) is 36.1 Å². The van der Waals surface area contributed by atoms with Crippen LogP contribution in [0.2, 0.25) is 0 Å². The van der Waals surface area contributed by atoms with Crippen molar-refractivity contribution in [1.29, 1.82) is 0 Å². The van der Waals surface area contributed by atoms with E-state index in [0.717, 1.165) is 0 Å². The molecule has 0 amide bonds. The molecule has 0 spiro atoms. The molecule has 200 valence electrons. The monoisotopic (exact) mass is 552 g/mol. The standard InChI is InChI=1S/C8H12B2F4N4O4.2C5H11N.Fe/c1-5-6(2)16-20-10(13,14)22-18-8(4)7(3)17-21-9(11,12)19-15-5;2*1-2-4-6-5-3-1;/h1-4H3;2*6H,1-5H2;/q-2;;;+4/b15-5+,16-6+,17-7+,18-8+;;;. The van der Waals surface area contributed by atoms with Gasteiger partial charge in [0.15, 0.2) is 0 Å². The van der Waals surface area contributed by atoms with Crippen molar-refractivity contribution in [3.8, 4) is 0 Å². The smallest absolute Gasteiger partial charge is 0.519 e. The van der Waals surface area contributed by atoms with E-state index in [2.05, 4.69) is 50.3 Å². The summed E-state index contributed by atoms with van der Waals surface area (Å²) in [6.07, 6.45) is 8.43. The first-order valence-electron chi connectivity index (χ1n) is 11.4. The van der Waals surface area contributed by atoms with E-state index in [9.17, 15) is 17.3 Å². The third kappa shape index (κ3) is 16.5. The maximum Gasteiger partial charge on any atom is 4.00 e. The van der Waals surface area contributed by atoms with Crippen LogP contribution < -0.4 is 10.6 Å². The third-order valence-electron chi connectivity index (χ3n) is 4.71. The molecule has 2 fully saturated rings. The minimum atomic E-state index is -4.85. The van der Waals surface area contributed by atoms with Crippen molar-refractivity contribution in [1.82, 2.24) is 10.6 Å². The van der Waals surface area contributed by atoms with Gasteiger partial charge in [-0.2, -0.15) is 0 Å². The Morgan fingerprint density at radius 1 is 0.514 bits per heavy atom. The van der Waals surface area contributed by atoms with Gasteiger partial charge in [0.05, 0.1) is 22.8 Å². The maximum atomic E-state index is 13.2. The first-order valence-corrected chi connectivity index (χ1v) is 11.4. The van der Waals surface area contributed by atoms with Crippen LogP contribution in [0.1, 0.15) is 66.2 Å². The zero-order chi connectivity index (χ0) is 25.5. The molecule has 2 N–H and O–H groups in total. The van der Waals surface area contributed by atoms with Gasteiger partial charge in [-0.05, 0) is 79.6 Å². The molecule has 10 nitrogen and oxygen atoms in total. The second-order valence-corrected chi connectivity index (χ2v) is 7.82. The van der Waals surface area contributed by atoms with Gasteiger partial charge in [-0.1, -0.05) is 12.8 Å². The number of nitrogens with one attached hydrogen (secondary N) is 2. The van der Waals surface area contributed by atoms with Crippen LogP contribution in [0.25, 0.3) is 0 Å². The number of hydrogen-bond donors (Lipinski definition) is 2. The minimum absolute atomic E-state index is 0. The molecule has 0 aromatic rings. The molecule has 3 heterocycles. The predicted octanol–water partition coefficient (Wildman–Crippen LogP) is 3.84. The molecule has 2 saturated heterocycles. The van der Waals surface area contributed by atoms with E-state index in [1.165, 1.54) is 92.4 Å². The first-order chi connectivity index (χ1) is 16.0. The molecule has 0 bridgehead atoms. The largest absolute Gasteiger partial charge is 4.00 e. The molecular weight excluding hydrogens is 518 g/mol. The summed E-state index contributed by atoms with van der Waals surface area (Å²) in [6.45, 7) is 9.73. The Bertz CT molecular complexity index is 613. The van der Waals surface area contributed by atoms with Crippen LogP contribution in [0.3, 0.4) is 0 Å². The van der Waals surface area contributed by atoms with E-state index in [4.69, 9.17) is 0 Å². The second-order valence-electron chi connectivity index (χ2n) is 7.82. The molecule has 0 saturated carbocycles. The third-order valence-corrected chi connectivity index (χ3v) is 4.71. The first kappa shape index (κ1) is 33.2. The van der Waals surface area contributed by atoms with Crippen molar-refractivity contribution in [2.75, 3.05) is 26.2 Å². The van der Waals surface area contributed by atoms with Gasteiger partial charge in [0, 0.05) is 0 Å². The molecule has 0 atom stereocenters. The normalized spacial score (nSPS) is 28.1. The van der Waals surface area contributed by atoms with Gasteiger partial charge in [0.2, 0.25) is 0 Å². The Balaban J connectivity index is 0.000000716. The zero-order valence-electron chi connectivity index (χ0n) is 20.5. The van der Waals surface area contributed by atoms with Gasteiger partial charge in [-0.25, -0.2) is 0 Å². The Morgan fingerprint density at radius 2 is 0.743 bits per heavy atom. The van der Waals surface area contributed by atoms with E-state index >= 15 is 0 Å². The van der Waals surface area contributed by atoms with Gasteiger partial charge in [0.1, 0.15) is 0 Å². The molecule has 0 radical (unpaired) electrons. The van der Waals surface area contributed by atoms with Crippen molar-refractivity contribution in [3.05, 3.63) is 0 Å². The number of piperidine rings is 2. The Labute approximate surface area is 214 Å². The van der Waals surface area contributed by atoms with Crippen LogP contribution in [0, 0.1) is 0 Å². The summed E-state index contributed by atoms with van der Waals surface area (Å²) in [6, 6.07) is 0. The van der Waals surface area contributed by atoms with E-state index in [1.54, 1.807) is 0 Å². The van der Waals surface area contributed by atoms with Gasteiger partial charge in [-0.3, -0.25) is 0 Å². The summed E-state index contributed by atoms with van der Waals surface area (Å²) in [5.41, 5.74) is -0.966. The van der Waals surface area contributed by atoms with Gasteiger partial charge in [0.25, 0.3) is 0 Å². The molecule has 0 aromatic carbocycles. The molecule has 3 aliphatic rings. The predicted molar refractivity (Wildman–Crippen MR) is 126 cm³/mol. The van der Waals surface area contributed by atoms with E-state index < -0.39 is 14.2 Å². The van der Waals surface area contributed by atoms with E-state index in [1.807, 2.05) is 0 Å². The molecular formula is C18H34B2F4FeN6O4+2. The fourth-order valence-corrected chi connectivity index (χ4v) is 2.47. The zero-order valence-corrected chi connectivity index (χ0v) is 21.6. The Morgan fingerprint density at radius 3 is 0.886 bits per heavy atom. The molecule has 3 rings (SSSR count). The Kier molecular flexibility index (Phi) is 16.7. The molecule has 17 heteroatoms. The average molecular weight is 552 g/mol. The second kappa shape index (κ2) is 17.6. The molecule has 0 aliphatic carbocycles. The van der Waals surface area contributed by atoms with Crippen LogP contribution in [0.5, 0.6) is 0 Å². The number of oxime groups is 4. The number of halogens is 4. The molecule has 0 aromatic heterocycles. The van der Waals surface area contributed by atoms with Gasteiger partial charge < -0.3 is 46.9 Å². The summed E-state index contributed by atoms with van der Waals surface area (Å²) in [4.78, 5) is 0. The van der Waals surface area contributed by atoms with Crippen LogP contribution in [-0.4, -0.2) is 63.2 Å². The van der Waals surface area contributed by atoms with E-state index in [-0.39, 0.29) is 39.9 Å².